The van der Waals surface area contributed by atoms with Gasteiger partial charge in [-0.1, -0.05) is 17.7 Å². The number of benzene rings is 1. The van der Waals surface area contributed by atoms with Crippen LogP contribution in [0.3, 0.4) is 0 Å². The molecule has 0 heterocycles. The summed E-state index contributed by atoms with van der Waals surface area (Å²) < 4.78 is 0. The second kappa shape index (κ2) is 7.00. The van der Waals surface area contributed by atoms with Crippen molar-refractivity contribution in [2.75, 3.05) is 45.0 Å². The normalized spacial score (nSPS) is 9.85. The van der Waals surface area contributed by atoms with E-state index in [2.05, 4.69) is 10.6 Å². The standard InChI is InChI=1S/C13H19ClN4O2/c1-17(2)11(19)8-15-13(20)16-10-7-5-6-9(14)12(10)18(3)4/h5-7H,8H2,1-4H3,(H2,15,16,20). The molecule has 0 aliphatic heterocycles. The Bertz CT molecular complexity index is 503. The summed E-state index contributed by atoms with van der Waals surface area (Å²) in [6.07, 6.45) is 0. The van der Waals surface area contributed by atoms with Crippen LogP contribution in [0.25, 0.3) is 0 Å². The summed E-state index contributed by atoms with van der Waals surface area (Å²) >= 11 is 6.10. The summed E-state index contributed by atoms with van der Waals surface area (Å²) in [4.78, 5) is 26.4. The number of rotatable bonds is 4. The molecule has 2 N–H and O–H groups in total. The maximum atomic E-state index is 11.8. The molecule has 0 aromatic heterocycles. The van der Waals surface area contributed by atoms with Crippen LogP contribution >= 0.6 is 11.6 Å². The Morgan fingerprint density at radius 3 is 2.40 bits per heavy atom. The van der Waals surface area contributed by atoms with Crippen LogP contribution in [-0.2, 0) is 4.79 Å². The monoisotopic (exact) mass is 298 g/mol. The zero-order chi connectivity index (χ0) is 15.3. The molecular weight excluding hydrogens is 280 g/mol. The zero-order valence-corrected chi connectivity index (χ0v) is 12.8. The lowest BCUT2D eigenvalue weighted by molar-refractivity contribution is -0.127. The number of hydrogen-bond acceptors (Lipinski definition) is 3. The summed E-state index contributed by atoms with van der Waals surface area (Å²) in [6, 6.07) is 4.78. The summed E-state index contributed by atoms with van der Waals surface area (Å²) in [5.41, 5.74) is 1.29. The van der Waals surface area contributed by atoms with Crippen LogP contribution in [0.1, 0.15) is 0 Å². The maximum Gasteiger partial charge on any atom is 0.319 e. The number of carbonyl (C=O) groups excluding carboxylic acids is 2. The SMILES string of the molecule is CN(C)C(=O)CNC(=O)Nc1cccc(Cl)c1N(C)C. The molecule has 0 atom stereocenters. The van der Waals surface area contributed by atoms with Gasteiger partial charge in [-0.15, -0.1) is 0 Å². The van der Waals surface area contributed by atoms with E-state index < -0.39 is 6.03 Å². The second-order valence-corrected chi connectivity index (χ2v) is 5.03. The highest BCUT2D eigenvalue weighted by Crippen LogP contribution is 2.32. The summed E-state index contributed by atoms with van der Waals surface area (Å²) in [7, 11) is 6.92. The van der Waals surface area contributed by atoms with Crippen LogP contribution in [0.4, 0.5) is 16.2 Å². The lowest BCUT2D eigenvalue weighted by Gasteiger charge is -2.19. The van der Waals surface area contributed by atoms with Crippen molar-refractivity contribution in [3.05, 3.63) is 23.2 Å². The van der Waals surface area contributed by atoms with E-state index in [1.54, 1.807) is 32.3 Å². The summed E-state index contributed by atoms with van der Waals surface area (Å²) in [5.74, 6) is -0.181. The number of urea groups is 1. The van der Waals surface area contributed by atoms with Gasteiger partial charge in [-0.3, -0.25) is 4.79 Å². The van der Waals surface area contributed by atoms with Gasteiger partial charge in [-0.2, -0.15) is 0 Å². The second-order valence-electron chi connectivity index (χ2n) is 4.63. The van der Waals surface area contributed by atoms with Crippen LogP contribution in [-0.4, -0.2) is 51.6 Å². The predicted molar refractivity (Wildman–Crippen MR) is 81.5 cm³/mol. The third-order valence-corrected chi connectivity index (χ3v) is 2.89. The molecular formula is C13H19ClN4O2. The van der Waals surface area contributed by atoms with Gasteiger partial charge in [0, 0.05) is 28.2 Å². The van der Waals surface area contributed by atoms with Gasteiger partial charge in [0.15, 0.2) is 0 Å². The van der Waals surface area contributed by atoms with Crippen molar-refractivity contribution < 1.29 is 9.59 Å². The van der Waals surface area contributed by atoms with Crippen molar-refractivity contribution in [2.45, 2.75) is 0 Å². The highest BCUT2D eigenvalue weighted by molar-refractivity contribution is 6.34. The third-order valence-electron chi connectivity index (χ3n) is 2.58. The molecule has 0 unspecified atom stereocenters. The van der Waals surface area contributed by atoms with E-state index in [1.807, 2.05) is 19.0 Å². The fraction of sp³-hybridized carbons (Fsp3) is 0.385. The molecule has 110 valence electrons. The van der Waals surface area contributed by atoms with Crippen LogP contribution < -0.4 is 15.5 Å². The van der Waals surface area contributed by atoms with E-state index in [0.29, 0.717) is 16.4 Å². The Morgan fingerprint density at radius 2 is 1.85 bits per heavy atom. The fourth-order valence-electron chi connectivity index (χ4n) is 1.55. The number of para-hydroxylation sites is 1. The van der Waals surface area contributed by atoms with Crippen LogP contribution in [0.2, 0.25) is 5.02 Å². The Kier molecular flexibility index (Phi) is 5.64. The van der Waals surface area contributed by atoms with Gasteiger partial charge in [0.2, 0.25) is 5.91 Å². The number of amides is 3. The quantitative estimate of drug-likeness (QED) is 0.888. The summed E-state index contributed by atoms with van der Waals surface area (Å²) in [5, 5.41) is 5.71. The topological polar surface area (TPSA) is 64.7 Å². The summed E-state index contributed by atoms with van der Waals surface area (Å²) in [6.45, 7) is -0.0588. The van der Waals surface area contributed by atoms with Crippen molar-refractivity contribution in [1.82, 2.24) is 10.2 Å². The maximum absolute atomic E-state index is 11.8. The predicted octanol–water partition coefficient (Wildman–Crippen LogP) is 1.62. The lowest BCUT2D eigenvalue weighted by atomic mass is 10.2. The minimum absolute atomic E-state index is 0.0588. The van der Waals surface area contributed by atoms with Gasteiger partial charge in [0.05, 0.1) is 22.9 Å². The number of hydrogen-bond donors (Lipinski definition) is 2. The van der Waals surface area contributed by atoms with Crippen molar-refractivity contribution in [3.8, 4) is 0 Å². The number of halogens is 1. The molecule has 0 saturated carbocycles. The minimum Gasteiger partial charge on any atom is -0.375 e. The number of nitrogens with zero attached hydrogens (tertiary/aromatic N) is 2. The Hall–Kier alpha value is -1.95. The smallest absolute Gasteiger partial charge is 0.319 e. The Morgan fingerprint density at radius 1 is 1.20 bits per heavy atom. The number of anilines is 2. The van der Waals surface area contributed by atoms with Crippen molar-refractivity contribution in [2.24, 2.45) is 0 Å². The van der Waals surface area contributed by atoms with Crippen LogP contribution in [0.15, 0.2) is 18.2 Å². The van der Waals surface area contributed by atoms with Crippen molar-refractivity contribution >= 4 is 34.9 Å². The molecule has 0 radical (unpaired) electrons. The van der Waals surface area contributed by atoms with Crippen molar-refractivity contribution in [3.63, 3.8) is 0 Å². The number of likely N-dealkylation sites (N-methyl/N-ethyl adjacent to an activating group) is 1. The van der Waals surface area contributed by atoms with E-state index in [4.69, 9.17) is 11.6 Å². The molecule has 1 aromatic rings. The first-order valence-electron chi connectivity index (χ1n) is 6.03. The molecule has 1 rings (SSSR count). The molecule has 20 heavy (non-hydrogen) atoms. The van der Waals surface area contributed by atoms with Gasteiger partial charge in [-0.05, 0) is 12.1 Å². The molecule has 3 amide bonds. The van der Waals surface area contributed by atoms with Gasteiger partial charge in [0.25, 0.3) is 0 Å². The van der Waals surface area contributed by atoms with E-state index in [1.165, 1.54) is 4.90 Å². The molecule has 0 saturated heterocycles. The van der Waals surface area contributed by atoms with Gasteiger partial charge >= 0.3 is 6.03 Å². The highest BCUT2D eigenvalue weighted by Gasteiger charge is 2.12. The van der Waals surface area contributed by atoms with Gasteiger partial charge in [0.1, 0.15) is 0 Å². The average molecular weight is 299 g/mol. The first kappa shape index (κ1) is 16.1. The van der Waals surface area contributed by atoms with Crippen LogP contribution in [0, 0.1) is 0 Å². The van der Waals surface area contributed by atoms with E-state index in [-0.39, 0.29) is 12.5 Å². The van der Waals surface area contributed by atoms with E-state index in [0.717, 1.165) is 0 Å². The molecule has 6 nitrogen and oxygen atoms in total. The highest BCUT2D eigenvalue weighted by atomic mass is 35.5. The Labute approximate surface area is 123 Å². The third kappa shape index (κ3) is 4.31. The zero-order valence-electron chi connectivity index (χ0n) is 12.0. The van der Waals surface area contributed by atoms with E-state index in [9.17, 15) is 9.59 Å². The molecule has 0 fully saturated rings. The van der Waals surface area contributed by atoms with Crippen LogP contribution in [0.5, 0.6) is 0 Å². The molecule has 7 heteroatoms. The fourth-order valence-corrected chi connectivity index (χ4v) is 1.89. The number of nitrogens with one attached hydrogen (secondary N) is 2. The molecule has 0 bridgehead atoms. The van der Waals surface area contributed by atoms with E-state index >= 15 is 0 Å². The molecule has 0 aliphatic rings. The minimum atomic E-state index is -0.453. The number of carbonyl (C=O) groups is 2. The lowest BCUT2D eigenvalue weighted by Crippen LogP contribution is -2.38. The molecule has 0 aliphatic carbocycles. The first-order valence-corrected chi connectivity index (χ1v) is 6.41. The van der Waals surface area contributed by atoms with Crippen molar-refractivity contribution in [1.29, 1.82) is 0 Å². The Balaban J connectivity index is 2.72. The van der Waals surface area contributed by atoms with Gasteiger partial charge < -0.3 is 20.4 Å². The molecule has 1 aromatic carbocycles. The average Bonchev–Trinajstić information content (AvgIpc) is 2.35. The first-order chi connectivity index (χ1) is 9.32. The molecule has 0 spiro atoms. The van der Waals surface area contributed by atoms with Gasteiger partial charge in [-0.25, -0.2) is 4.79 Å². The largest absolute Gasteiger partial charge is 0.375 e.